The van der Waals surface area contributed by atoms with Gasteiger partial charge in [-0.1, -0.05) is 101 Å². The van der Waals surface area contributed by atoms with Gasteiger partial charge >= 0.3 is 17.9 Å². The predicted molar refractivity (Wildman–Crippen MR) is 266 cm³/mol. The van der Waals surface area contributed by atoms with Crippen molar-refractivity contribution in [1.82, 2.24) is 25.3 Å². The quantitative estimate of drug-likeness (QED) is 0.0286. The van der Waals surface area contributed by atoms with Gasteiger partial charge < -0.3 is 50.4 Å². The summed E-state index contributed by atoms with van der Waals surface area (Å²) in [6.45, 7) is 41.7. The summed E-state index contributed by atoms with van der Waals surface area (Å²) in [5, 5.41) is 14.2. The van der Waals surface area contributed by atoms with Gasteiger partial charge in [0.05, 0.1) is 24.6 Å². The highest BCUT2D eigenvalue weighted by molar-refractivity contribution is 9.20. The number of nitrogens with two attached hydrogens (primary N) is 1. The lowest BCUT2D eigenvalue weighted by atomic mass is 10.3. The molecule has 0 aromatic rings. The third-order valence-electron chi connectivity index (χ3n) is 7.80. The molecule has 0 aromatic heterocycles. The topological polar surface area (TPSA) is 176 Å². The van der Waals surface area contributed by atoms with Gasteiger partial charge in [-0.2, -0.15) is 0 Å². The van der Waals surface area contributed by atoms with Crippen molar-refractivity contribution in [1.29, 1.82) is 0 Å². The number of rotatable bonds is 27. The van der Waals surface area contributed by atoms with E-state index < -0.39 is 0 Å². The van der Waals surface area contributed by atoms with Gasteiger partial charge in [-0.3, -0.25) is 19.2 Å². The van der Waals surface area contributed by atoms with E-state index >= 15 is 0 Å². The molecule has 18 heteroatoms. The fraction of sp³-hybridized carbons (Fsp3) is 0.905. The van der Waals surface area contributed by atoms with Gasteiger partial charge in [0, 0.05) is 45.9 Å². The molecule has 0 saturated heterocycles. The maximum absolute atomic E-state index is 11.4. The Morgan fingerprint density at radius 3 is 1.00 bits per heavy atom. The van der Waals surface area contributed by atoms with Crippen molar-refractivity contribution in [3.63, 3.8) is 0 Å². The Morgan fingerprint density at radius 2 is 0.817 bits per heavy atom. The van der Waals surface area contributed by atoms with Crippen LogP contribution in [0.15, 0.2) is 0 Å². The minimum Gasteiger partial charge on any atom is -0.465 e. The number of hydrogen-bond donors (Lipinski definition) is 4. The van der Waals surface area contributed by atoms with Crippen LogP contribution in [0.5, 0.6) is 0 Å². The standard InChI is InChI=1S/2C12H26N2O2.C6H11BrO2.C6H16N2.C3H4Br2O.C3H8O.ClH/c2*1-5-10-16-12(15)11(4)13-8-9-14(6-2)7-3;1-3-4-9-6(8)5(2)7;1-3-8(4-2)6-5-7;1-2(4)3(5)6;1-2-3-4;/h2*11,13H,5-10H2,1-4H3;5H,3-4H2,1-2H3;3-7H2,1-2H3;2H,1H3;4H,2-3H2,1H3;1H. The zero-order valence-electron chi connectivity index (χ0n) is 40.2. The maximum atomic E-state index is 11.4. The minimum atomic E-state index is -0.206. The van der Waals surface area contributed by atoms with Crippen LogP contribution < -0.4 is 16.4 Å². The highest BCUT2D eigenvalue weighted by Gasteiger charge is 2.14. The predicted octanol–water partition coefficient (Wildman–Crippen LogP) is 7.03. The number of likely N-dealkylation sites (N-methyl/N-ethyl adjacent to an activating group) is 3. The number of alkyl halides is 2. The van der Waals surface area contributed by atoms with E-state index in [0.717, 1.165) is 104 Å². The summed E-state index contributed by atoms with van der Waals surface area (Å²) in [4.78, 5) is 50.2. The molecule has 366 valence electrons. The van der Waals surface area contributed by atoms with Gasteiger partial charge in [-0.05, 0) is 109 Å². The first kappa shape index (κ1) is 73.9. The number of aliphatic hydroxyl groups is 1. The number of esters is 3. The molecule has 0 bridgehead atoms. The van der Waals surface area contributed by atoms with Crippen molar-refractivity contribution in [2.24, 2.45) is 5.73 Å². The molecule has 14 nitrogen and oxygen atoms in total. The van der Waals surface area contributed by atoms with Crippen LogP contribution >= 0.6 is 60.2 Å². The van der Waals surface area contributed by atoms with E-state index in [4.69, 9.17) is 25.1 Å². The molecule has 0 aliphatic heterocycles. The average Bonchev–Trinajstić information content (AvgIpc) is 3.23. The van der Waals surface area contributed by atoms with E-state index in [0.29, 0.717) is 26.4 Å². The first-order valence-corrected chi connectivity index (χ1v) is 24.4. The molecule has 4 atom stereocenters. The molecule has 0 spiro atoms. The molecule has 4 unspecified atom stereocenters. The molecule has 0 aromatic carbocycles. The molecule has 0 saturated carbocycles. The van der Waals surface area contributed by atoms with Crippen LogP contribution in [0.1, 0.15) is 123 Å². The van der Waals surface area contributed by atoms with Crippen LogP contribution in [0.4, 0.5) is 0 Å². The Bertz CT molecular complexity index is 868. The largest absolute Gasteiger partial charge is 0.465 e. The van der Waals surface area contributed by atoms with E-state index in [1.54, 1.807) is 13.8 Å². The fourth-order valence-electron chi connectivity index (χ4n) is 3.82. The number of nitrogens with one attached hydrogen (secondary N) is 2. The normalized spacial score (nSPS) is 12.0. The minimum absolute atomic E-state index is 0. The summed E-state index contributed by atoms with van der Waals surface area (Å²) in [6, 6.07) is -0.413. The van der Waals surface area contributed by atoms with E-state index in [9.17, 15) is 19.2 Å². The van der Waals surface area contributed by atoms with Gasteiger partial charge in [-0.15, -0.1) is 12.4 Å². The Kier molecular flexibility index (Phi) is 72.1. The third-order valence-corrected chi connectivity index (χ3v) is 9.89. The van der Waals surface area contributed by atoms with E-state index in [1.807, 2.05) is 41.5 Å². The third kappa shape index (κ3) is 59.6. The Morgan fingerprint density at radius 1 is 0.550 bits per heavy atom. The van der Waals surface area contributed by atoms with Crippen LogP contribution in [-0.2, 0) is 33.4 Å². The molecule has 0 amide bonds. The van der Waals surface area contributed by atoms with Gasteiger partial charge in [0.1, 0.15) is 16.9 Å². The first-order valence-electron chi connectivity index (χ1n) is 21.8. The highest BCUT2D eigenvalue weighted by Crippen LogP contribution is 2.02. The summed E-state index contributed by atoms with van der Waals surface area (Å²) in [5.41, 5.74) is 5.34. The summed E-state index contributed by atoms with van der Waals surface area (Å²) < 4.78 is 14.9. The lowest BCUT2D eigenvalue weighted by Crippen LogP contribution is -2.40. The molecule has 0 fully saturated rings. The number of halogens is 4. The van der Waals surface area contributed by atoms with E-state index in [1.165, 1.54) is 0 Å². The summed E-state index contributed by atoms with van der Waals surface area (Å²) in [7, 11) is 0. The van der Waals surface area contributed by atoms with Crippen molar-refractivity contribution in [3.05, 3.63) is 0 Å². The van der Waals surface area contributed by atoms with Crippen LogP contribution in [0.2, 0.25) is 0 Å². The molecule has 5 N–H and O–H groups in total. The summed E-state index contributed by atoms with van der Waals surface area (Å²) >= 11 is 8.89. The molecule has 0 aliphatic carbocycles. The molecular weight excluding hydrogens is 992 g/mol. The van der Waals surface area contributed by atoms with Gasteiger partial charge in [0.2, 0.25) is 4.69 Å². The van der Waals surface area contributed by atoms with Crippen LogP contribution in [0.3, 0.4) is 0 Å². The lowest BCUT2D eigenvalue weighted by molar-refractivity contribution is -0.146. The molecule has 0 rings (SSSR count). The SMILES string of the molecule is CC(Br)C(=O)Br.CCCO.CCCOC(=O)C(C)Br.CCCOC(=O)C(C)NCCN(CC)CC.CCCOC(=O)C(C)NCCN(CC)CC.CCN(CC)CCN.Cl. The van der Waals surface area contributed by atoms with Crippen molar-refractivity contribution in [2.75, 3.05) is 105 Å². The van der Waals surface area contributed by atoms with Gasteiger partial charge in [0.25, 0.3) is 0 Å². The Labute approximate surface area is 399 Å². The number of carbonyl (C=O) groups excluding carboxylic acids is 4. The zero-order valence-corrected chi connectivity index (χ0v) is 45.8. The smallest absolute Gasteiger partial charge is 0.322 e. The molecule has 0 heterocycles. The van der Waals surface area contributed by atoms with E-state index in [-0.39, 0.29) is 56.7 Å². The monoisotopic (exact) mass is 1080 g/mol. The number of aliphatic hydroxyl groups excluding tert-OH is 1. The van der Waals surface area contributed by atoms with Crippen molar-refractivity contribution < 1.29 is 38.5 Å². The second-order valence-corrected chi connectivity index (χ2v) is 16.5. The summed E-state index contributed by atoms with van der Waals surface area (Å²) in [6.07, 6.45) is 3.50. The van der Waals surface area contributed by atoms with E-state index in [2.05, 4.69) is 115 Å². The van der Waals surface area contributed by atoms with Crippen LogP contribution in [-0.4, -0.2) is 169 Å². The molecule has 0 radical (unpaired) electrons. The molecule has 60 heavy (non-hydrogen) atoms. The lowest BCUT2D eigenvalue weighted by Gasteiger charge is -2.19. The first-order chi connectivity index (χ1) is 27.9. The zero-order chi connectivity index (χ0) is 47.0. The second kappa shape index (κ2) is 58.5. The van der Waals surface area contributed by atoms with Gasteiger partial charge in [-0.25, -0.2) is 0 Å². The highest BCUT2D eigenvalue weighted by atomic mass is 79.9. The van der Waals surface area contributed by atoms with Crippen molar-refractivity contribution in [3.8, 4) is 0 Å². The fourth-order valence-corrected chi connectivity index (χ4v) is 3.95. The number of carbonyl (C=O) groups is 4. The number of ether oxygens (including phenoxy) is 3. The average molecular weight is 1080 g/mol. The van der Waals surface area contributed by atoms with Crippen LogP contribution in [0.25, 0.3) is 0 Å². The van der Waals surface area contributed by atoms with Crippen molar-refractivity contribution in [2.45, 2.75) is 144 Å². The Hall–Kier alpha value is -0.470. The van der Waals surface area contributed by atoms with Gasteiger partial charge in [0.15, 0.2) is 0 Å². The summed E-state index contributed by atoms with van der Waals surface area (Å²) in [5.74, 6) is -0.486. The second-order valence-electron chi connectivity index (χ2n) is 13.0. The van der Waals surface area contributed by atoms with Crippen molar-refractivity contribution >= 4 is 82.8 Å². The van der Waals surface area contributed by atoms with Crippen LogP contribution in [0, 0.1) is 0 Å². The maximum Gasteiger partial charge on any atom is 0.322 e. The number of nitrogens with zero attached hydrogens (tertiary/aromatic N) is 3. The molecular formula is C42H92Br3ClN6O8. The number of hydrogen-bond acceptors (Lipinski definition) is 14. The Balaban J connectivity index is -0.000000119. The molecule has 0 aliphatic rings.